The Morgan fingerprint density at radius 1 is 1.50 bits per heavy atom. The van der Waals surface area contributed by atoms with Crippen molar-refractivity contribution in [3.63, 3.8) is 0 Å². The number of halogens is 3. The summed E-state index contributed by atoms with van der Waals surface area (Å²) in [4.78, 5) is 12.5. The monoisotopic (exact) mass is 335 g/mol. The van der Waals surface area contributed by atoms with Crippen LogP contribution in [-0.4, -0.2) is 37.5 Å². The molecule has 0 amide bonds. The van der Waals surface area contributed by atoms with E-state index in [1.807, 2.05) is 0 Å². The van der Waals surface area contributed by atoms with E-state index in [9.17, 15) is 28.2 Å². The van der Waals surface area contributed by atoms with Gasteiger partial charge in [-0.25, -0.2) is 4.98 Å². The second-order valence-corrected chi connectivity index (χ2v) is 6.92. The third-order valence-corrected chi connectivity index (χ3v) is 5.57. The molecule has 3 heterocycles. The summed E-state index contributed by atoms with van der Waals surface area (Å²) in [6, 6.07) is 1.57. The molecular formula is C13H12F3NO4S. The van der Waals surface area contributed by atoms with E-state index in [2.05, 4.69) is 4.98 Å². The van der Waals surface area contributed by atoms with Crippen LogP contribution in [0.1, 0.15) is 23.2 Å². The van der Waals surface area contributed by atoms with Crippen LogP contribution < -0.4 is 4.74 Å². The molecule has 120 valence electrons. The van der Waals surface area contributed by atoms with E-state index in [1.165, 1.54) is 0 Å². The van der Waals surface area contributed by atoms with Gasteiger partial charge in [-0.1, -0.05) is 11.8 Å². The van der Waals surface area contributed by atoms with Gasteiger partial charge in [-0.2, -0.15) is 13.2 Å². The average molecular weight is 335 g/mol. The quantitative estimate of drug-likeness (QED) is 0.818. The molecule has 22 heavy (non-hydrogen) atoms. The van der Waals surface area contributed by atoms with Gasteiger partial charge in [0.1, 0.15) is 10.9 Å². The van der Waals surface area contributed by atoms with E-state index in [0.717, 1.165) is 0 Å². The molecule has 5 nitrogen and oxygen atoms in total. The lowest BCUT2D eigenvalue weighted by molar-refractivity contribution is -0.228. The summed E-state index contributed by atoms with van der Waals surface area (Å²) >= 11 is 0.0770. The molecule has 1 aromatic heterocycles. The van der Waals surface area contributed by atoms with Crippen LogP contribution in [0, 0.1) is 13.8 Å². The lowest BCUT2D eigenvalue weighted by Gasteiger charge is -2.38. The van der Waals surface area contributed by atoms with Gasteiger partial charge in [-0.15, -0.1) is 0 Å². The number of fused-ring (bicyclic) bond motifs is 4. The van der Waals surface area contributed by atoms with Gasteiger partial charge in [0.05, 0.1) is 5.56 Å². The van der Waals surface area contributed by atoms with Gasteiger partial charge in [0.25, 0.3) is 4.93 Å². The summed E-state index contributed by atoms with van der Waals surface area (Å²) in [5.41, 5.74) is -1.27. The van der Waals surface area contributed by atoms with E-state index in [0.29, 0.717) is 11.3 Å². The predicted octanol–water partition coefficient (Wildman–Crippen LogP) is 2.13. The molecule has 1 unspecified atom stereocenters. The Morgan fingerprint density at radius 2 is 2.14 bits per heavy atom. The van der Waals surface area contributed by atoms with Crippen LogP contribution >= 0.6 is 11.8 Å². The molecular weight excluding hydrogens is 323 g/mol. The van der Waals surface area contributed by atoms with Crippen molar-refractivity contribution in [2.75, 3.05) is 0 Å². The van der Waals surface area contributed by atoms with Gasteiger partial charge < -0.3 is 14.9 Å². The molecule has 1 aromatic rings. The molecule has 1 fully saturated rings. The minimum Gasteiger partial charge on any atom is -0.480 e. The summed E-state index contributed by atoms with van der Waals surface area (Å²) in [7, 11) is 0. The van der Waals surface area contributed by atoms with Crippen LogP contribution in [-0.2, 0) is 10.4 Å². The minimum absolute atomic E-state index is 0.0235. The summed E-state index contributed by atoms with van der Waals surface area (Å²) in [6.45, 7) is 3.16. The Kier molecular flexibility index (Phi) is 3.00. The number of thioether (sulfide) groups is 1. The van der Waals surface area contributed by atoms with E-state index < -0.39 is 34.4 Å². The lowest BCUT2D eigenvalue weighted by atomic mass is 9.81. The number of hydrogen-bond acceptors (Lipinski definition) is 5. The molecule has 2 N–H and O–H groups in total. The molecule has 2 aliphatic rings. The van der Waals surface area contributed by atoms with Gasteiger partial charge >= 0.3 is 12.1 Å². The molecule has 9 heteroatoms. The van der Waals surface area contributed by atoms with Crippen molar-refractivity contribution in [2.24, 2.45) is 0 Å². The SMILES string of the molecule is Cc1cc(C)c2c(n1)O[C@]1(C(F)(F)F)C[C@@]2(O)C(C(=O)O)S1. The smallest absolute Gasteiger partial charge is 0.438 e. The molecule has 0 aliphatic carbocycles. The largest absolute Gasteiger partial charge is 0.480 e. The van der Waals surface area contributed by atoms with E-state index in [4.69, 9.17) is 4.74 Å². The molecule has 0 spiro atoms. The van der Waals surface area contributed by atoms with Crippen LogP contribution in [0.2, 0.25) is 0 Å². The highest BCUT2D eigenvalue weighted by Crippen LogP contribution is 2.64. The van der Waals surface area contributed by atoms with E-state index in [-0.39, 0.29) is 23.2 Å². The number of carboxylic acid groups (broad SMARTS) is 1. The normalized spacial score (nSPS) is 33.3. The summed E-state index contributed by atoms with van der Waals surface area (Å²) < 4.78 is 45.4. The van der Waals surface area contributed by atoms with E-state index >= 15 is 0 Å². The summed E-state index contributed by atoms with van der Waals surface area (Å²) in [5.74, 6) is -1.87. The average Bonchev–Trinajstić information content (AvgIpc) is 2.57. The van der Waals surface area contributed by atoms with E-state index in [1.54, 1.807) is 19.9 Å². The Morgan fingerprint density at radius 3 is 2.68 bits per heavy atom. The fourth-order valence-corrected chi connectivity index (χ4v) is 4.54. The van der Waals surface area contributed by atoms with Crippen molar-refractivity contribution in [3.8, 4) is 5.88 Å². The van der Waals surface area contributed by atoms with Crippen molar-refractivity contribution in [3.05, 3.63) is 22.9 Å². The van der Waals surface area contributed by atoms with Crippen LogP contribution in [0.15, 0.2) is 6.07 Å². The first-order chi connectivity index (χ1) is 10.0. The van der Waals surface area contributed by atoms with Gasteiger partial charge in [0.15, 0.2) is 0 Å². The third kappa shape index (κ3) is 1.84. The number of ether oxygens (including phenoxy) is 1. The number of aliphatic carboxylic acids is 1. The van der Waals surface area contributed by atoms with Crippen LogP contribution in [0.3, 0.4) is 0 Å². The first-order valence-corrected chi connectivity index (χ1v) is 7.26. The number of aromatic nitrogens is 1. The zero-order valence-corrected chi connectivity index (χ0v) is 12.4. The molecule has 2 aliphatic heterocycles. The van der Waals surface area contributed by atoms with Crippen molar-refractivity contribution in [1.29, 1.82) is 0 Å². The number of rotatable bonds is 1. The van der Waals surface area contributed by atoms with Crippen LogP contribution in [0.4, 0.5) is 13.2 Å². The van der Waals surface area contributed by atoms with Gasteiger partial charge in [0.2, 0.25) is 5.88 Å². The second-order valence-electron chi connectivity index (χ2n) is 5.55. The summed E-state index contributed by atoms with van der Waals surface area (Å²) in [6.07, 6.45) is -5.71. The standard InChI is InChI=1S/C13H12F3NO4S/c1-5-3-6(2)17-9-7(5)11(20)4-12(21-9,13(14,15)16)22-8(11)10(18)19/h3,8,20H,4H2,1-2H3,(H,18,19)/t8?,11-,12+/m0/s1. The van der Waals surface area contributed by atoms with Gasteiger partial charge in [-0.05, 0) is 25.5 Å². The first-order valence-electron chi connectivity index (χ1n) is 6.38. The Labute approximate surface area is 127 Å². The zero-order valence-electron chi connectivity index (χ0n) is 11.6. The number of alkyl halides is 3. The first kappa shape index (κ1) is 15.4. The molecule has 0 aromatic carbocycles. The van der Waals surface area contributed by atoms with Crippen molar-refractivity contribution >= 4 is 17.7 Å². The molecule has 2 bridgehead atoms. The maximum absolute atomic E-state index is 13.4. The van der Waals surface area contributed by atoms with Gasteiger partial charge in [0, 0.05) is 12.1 Å². The Bertz CT molecular complexity index is 680. The topological polar surface area (TPSA) is 79.7 Å². The zero-order chi connectivity index (χ0) is 16.5. The Balaban J connectivity index is 2.28. The predicted molar refractivity (Wildman–Crippen MR) is 70.7 cm³/mol. The van der Waals surface area contributed by atoms with Crippen molar-refractivity contribution < 1.29 is 32.9 Å². The molecule has 0 saturated carbocycles. The third-order valence-electron chi connectivity index (χ3n) is 3.91. The highest BCUT2D eigenvalue weighted by atomic mass is 32.2. The molecule has 3 rings (SSSR count). The second kappa shape index (κ2) is 4.29. The highest BCUT2D eigenvalue weighted by molar-refractivity contribution is 8.02. The van der Waals surface area contributed by atoms with Crippen molar-refractivity contribution in [1.82, 2.24) is 4.98 Å². The Hall–Kier alpha value is -1.48. The number of hydrogen-bond donors (Lipinski definition) is 2. The maximum Gasteiger partial charge on any atom is 0.438 e. The number of pyridine rings is 1. The highest BCUT2D eigenvalue weighted by Gasteiger charge is 2.74. The lowest BCUT2D eigenvalue weighted by Crippen LogP contribution is -2.51. The molecule has 3 atom stereocenters. The fraction of sp³-hybridized carbons (Fsp3) is 0.538. The van der Waals surface area contributed by atoms with Gasteiger partial charge in [-0.3, -0.25) is 4.79 Å². The number of nitrogens with zero attached hydrogens (tertiary/aromatic N) is 1. The number of carbonyl (C=O) groups is 1. The summed E-state index contributed by atoms with van der Waals surface area (Å²) in [5, 5.41) is 18.4. The van der Waals surface area contributed by atoms with Crippen LogP contribution in [0.25, 0.3) is 0 Å². The maximum atomic E-state index is 13.4. The number of aliphatic hydroxyl groups is 1. The minimum atomic E-state index is -4.84. The van der Waals surface area contributed by atoms with Crippen molar-refractivity contribution in [2.45, 2.75) is 42.2 Å². The number of aryl methyl sites for hydroxylation is 2. The number of carboxylic acids is 1. The fourth-order valence-electron chi connectivity index (χ4n) is 3.10. The molecule has 1 saturated heterocycles. The van der Waals surface area contributed by atoms with Crippen LogP contribution in [0.5, 0.6) is 5.88 Å². The molecule has 0 radical (unpaired) electrons.